The van der Waals surface area contributed by atoms with E-state index in [-0.39, 0.29) is 0 Å². The van der Waals surface area contributed by atoms with E-state index < -0.39 is 8.53 Å². The Labute approximate surface area is 119 Å². The van der Waals surface area contributed by atoms with E-state index in [9.17, 15) is 0 Å². The quantitative estimate of drug-likeness (QED) is 0.579. The maximum Gasteiger partial charge on any atom is 0.247 e. The number of hydrogen-bond donors (Lipinski definition) is 3. The van der Waals surface area contributed by atoms with Crippen molar-refractivity contribution in [1.29, 1.82) is 0 Å². The molecule has 4 N–H and O–H groups in total. The average molecular weight is 291 g/mol. The summed E-state index contributed by atoms with van der Waals surface area (Å²) in [5.74, 6) is 0. The standard InChI is InChI=1S/C14H14N2.H4NO2P/c1-11-7-6-8-12(2)14(11)16-15-13-9-4-3-5-10-13;1-4(2)3/h3-10H,1-2H3;2-3H,1H2/b16-15+;. The van der Waals surface area contributed by atoms with Crippen molar-refractivity contribution in [2.24, 2.45) is 15.7 Å². The molecule has 6 heteroatoms. The molecule has 0 atom stereocenters. The topological polar surface area (TPSA) is 91.2 Å². The van der Waals surface area contributed by atoms with Crippen LogP contribution >= 0.6 is 8.53 Å². The first kappa shape index (κ1) is 16.4. The molecule has 106 valence electrons. The van der Waals surface area contributed by atoms with Gasteiger partial charge < -0.3 is 9.79 Å². The van der Waals surface area contributed by atoms with Gasteiger partial charge >= 0.3 is 0 Å². The van der Waals surface area contributed by atoms with E-state index in [0.717, 1.165) is 22.5 Å². The highest BCUT2D eigenvalue weighted by Crippen LogP contribution is 2.25. The molecule has 2 aromatic rings. The lowest BCUT2D eigenvalue weighted by Gasteiger charge is -2.01. The molecule has 0 radical (unpaired) electrons. The van der Waals surface area contributed by atoms with Gasteiger partial charge in [-0.25, -0.2) is 0 Å². The fraction of sp³-hybridized carbons (Fsp3) is 0.143. The highest BCUT2D eigenvalue weighted by atomic mass is 31.2. The van der Waals surface area contributed by atoms with E-state index in [1.165, 1.54) is 0 Å². The lowest BCUT2D eigenvalue weighted by atomic mass is 10.1. The van der Waals surface area contributed by atoms with Gasteiger partial charge in [0.25, 0.3) is 0 Å². The fourth-order valence-corrected chi connectivity index (χ4v) is 1.57. The van der Waals surface area contributed by atoms with Crippen molar-refractivity contribution in [3.63, 3.8) is 0 Å². The number of nitrogens with zero attached hydrogens (tertiary/aromatic N) is 2. The van der Waals surface area contributed by atoms with Crippen LogP contribution in [0.2, 0.25) is 0 Å². The normalized spacial score (nSPS) is 10.5. The van der Waals surface area contributed by atoms with Gasteiger partial charge in [-0.05, 0) is 37.1 Å². The average Bonchev–Trinajstić information content (AvgIpc) is 2.39. The minimum Gasteiger partial charge on any atom is -0.338 e. The van der Waals surface area contributed by atoms with Gasteiger partial charge in [0.1, 0.15) is 0 Å². The van der Waals surface area contributed by atoms with Crippen LogP contribution in [0, 0.1) is 13.8 Å². The Morgan fingerprint density at radius 1 is 0.850 bits per heavy atom. The highest BCUT2D eigenvalue weighted by molar-refractivity contribution is 7.42. The summed E-state index contributed by atoms with van der Waals surface area (Å²) in [5.41, 5.74) is 8.44. The van der Waals surface area contributed by atoms with E-state index in [0.29, 0.717) is 0 Å². The molecule has 0 aliphatic carbocycles. The first-order valence-electron chi connectivity index (χ1n) is 5.96. The lowest BCUT2D eigenvalue weighted by molar-refractivity contribution is 0.485. The largest absolute Gasteiger partial charge is 0.338 e. The van der Waals surface area contributed by atoms with Gasteiger partial charge in [0.15, 0.2) is 0 Å². The molecule has 0 heterocycles. The minimum absolute atomic E-state index is 0.880. The fourth-order valence-electron chi connectivity index (χ4n) is 1.57. The Bertz CT molecular complexity index is 537. The third kappa shape index (κ3) is 5.99. The molecule has 0 saturated heterocycles. The van der Waals surface area contributed by atoms with Crippen LogP contribution < -0.4 is 5.50 Å². The van der Waals surface area contributed by atoms with E-state index in [2.05, 4.69) is 15.7 Å². The summed E-state index contributed by atoms with van der Waals surface area (Å²) in [5, 5.41) is 8.52. The SMILES string of the molecule is Cc1cccc(C)c1/N=N/c1ccccc1.NP(O)O. The Morgan fingerprint density at radius 3 is 1.85 bits per heavy atom. The van der Waals surface area contributed by atoms with Gasteiger partial charge in [-0.1, -0.05) is 36.4 Å². The van der Waals surface area contributed by atoms with Crippen LogP contribution in [0.15, 0.2) is 58.8 Å². The van der Waals surface area contributed by atoms with Crippen LogP contribution in [0.5, 0.6) is 0 Å². The van der Waals surface area contributed by atoms with Crippen molar-refractivity contribution in [2.45, 2.75) is 13.8 Å². The maximum atomic E-state index is 7.45. The monoisotopic (exact) mass is 291 g/mol. The molecule has 5 nitrogen and oxygen atoms in total. The number of aryl methyl sites for hydroxylation is 2. The number of azo groups is 1. The molecular weight excluding hydrogens is 273 g/mol. The van der Waals surface area contributed by atoms with Crippen molar-refractivity contribution in [2.75, 3.05) is 0 Å². The van der Waals surface area contributed by atoms with Crippen LogP contribution in [-0.2, 0) is 0 Å². The first-order chi connectivity index (χ1) is 9.50. The summed E-state index contributed by atoms with van der Waals surface area (Å²) in [4.78, 5) is 14.9. The van der Waals surface area contributed by atoms with E-state index in [1.54, 1.807) is 0 Å². The van der Waals surface area contributed by atoms with Gasteiger partial charge in [0.2, 0.25) is 8.53 Å². The molecule has 0 saturated carbocycles. The van der Waals surface area contributed by atoms with Crippen LogP contribution in [0.4, 0.5) is 11.4 Å². The lowest BCUT2D eigenvalue weighted by Crippen LogP contribution is -1.78. The second-order valence-electron chi connectivity index (χ2n) is 4.10. The van der Waals surface area contributed by atoms with Crippen molar-refractivity contribution in [1.82, 2.24) is 0 Å². The summed E-state index contributed by atoms with van der Waals surface area (Å²) in [7, 11) is -2.12. The van der Waals surface area contributed by atoms with Gasteiger partial charge in [-0.2, -0.15) is 10.2 Å². The Hall–Kier alpha value is -1.65. The predicted octanol–water partition coefficient (Wildman–Crippen LogP) is 3.88. The summed E-state index contributed by atoms with van der Waals surface area (Å²) in [6.07, 6.45) is 0. The number of rotatable bonds is 2. The van der Waals surface area contributed by atoms with Gasteiger partial charge in [-0.15, -0.1) is 0 Å². The van der Waals surface area contributed by atoms with E-state index in [4.69, 9.17) is 9.79 Å². The predicted molar refractivity (Wildman–Crippen MR) is 82.1 cm³/mol. The smallest absolute Gasteiger partial charge is 0.247 e. The zero-order chi connectivity index (χ0) is 15.0. The van der Waals surface area contributed by atoms with E-state index in [1.807, 2.05) is 62.4 Å². The van der Waals surface area contributed by atoms with Crippen molar-refractivity contribution < 1.29 is 9.79 Å². The van der Waals surface area contributed by atoms with Crippen LogP contribution in [0.3, 0.4) is 0 Å². The molecule has 0 spiro atoms. The molecule has 0 aromatic heterocycles. The van der Waals surface area contributed by atoms with Crippen molar-refractivity contribution in [3.05, 3.63) is 59.7 Å². The molecule has 20 heavy (non-hydrogen) atoms. The Morgan fingerprint density at radius 2 is 1.35 bits per heavy atom. The molecule has 0 bridgehead atoms. The molecular formula is C14H18N3O2P. The maximum absolute atomic E-state index is 7.45. The summed E-state index contributed by atoms with van der Waals surface area (Å²) >= 11 is 0. The minimum atomic E-state index is -2.12. The van der Waals surface area contributed by atoms with Gasteiger partial charge in [0, 0.05) is 0 Å². The Kier molecular flexibility index (Phi) is 6.98. The molecule has 2 rings (SSSR count). The third-order valence-corrected chi connectivity index (χ3v) is 2.46. The number of benzene rings is 2. The zero-order valence-corrected chi connectivity index (χ0v) is 12.3. The van der Waals surface area contributed by atoms with Crippen molar-refractivity contribution >= 4 is 19.9 Å². The van der Waals surface area contributed by atoms with Gasteiger partial charge in [-0.3, -0.25) is 5.50 Å². The summed E-state index contributed by atoms with van der Waals surface area (Å²) in [6.45, 7) is 4.10. The molecule has 0 aliphatic rings. The molecule has 0 amide bonds. The molecule has 0 unspecified atom stereocenters. The number of nitrogens with two attached hydrogens (primary N) is 1. The second-order valence-corrected chi connectivity index (χ2v) is 4.74. The van der Waals surface area contributed by atoms with E-state index >= 15 is 0 Å². The number of hydrogen-bond acceptors (Lipinski definition) is 5. The first-order valence-corrected chi connectivity index (χ1v) is 7.28. The van der Waals surface area contributed by atoms with Crippen LogP contribution in [0.25, 0.3) is 0 Å². The van der Waals surface area contributed by atoms with Crippen LogP contribution in [-0.4, -0.2) is 9.79 Å². The van der Waals surface area contributed by atoms with Crippen molar-refractivity contribution in [3.8, 4) is 0 Å². The second kappa shape index (κ2) is 8.51. The Balaban J connectivity index is 0.000000444. The van der Waals surface area contributed by atoms with Gasteiger partial charge in [0.05, 0.1) is 11.4 Å². The van der Waals surface area contributed by atoms with Crippen LogP contribution in [0.1, 0.15) is 11.1 Å². The molecule has 0 fully saturated rings. The zero-order valence-electron chi connectivity index (χ0n) is 11.4. The molecule has 0 aliphatic heterocycles. The molecule has 2 aromatic carbocycles. The highest BCUT2D eigenvalue weighted by Gasteiger charge is 1.99. The summed E-state index contributed by atoms with van der Waals surface area (Å²) < 4.78 is 0. The third-order valence-electron chi connectivity index (χ3n) is 2.46. The summed E-state index contributed by atoms with van der Waals surface area (Å²) in [6, 6.07) is 15.9.